The minimum Gasteiger partial charge on any atom is -0.497 e. The van der Waals surface area contributed by atoms with Gasteiger partial charge in [-0.25, -0.2) is 4.79 Å². The van der Waals surface area contributed by atoms with E-state index in [1.54, 1.807) is 54.6 Å². The van der Waals surface area contributed by atoms with Crippen LogP contribution in [0.4, 0.5) is 0 Å². The Morgan fingerprint density at radius 1 is 0.724 bits per heavy atom. The Morgan fingerprint density at radius 2 is 1.45 bits per heavy atom. The van der Waals surface area contributed by atoms with E-state index >= 15 is 0 Å². The van der Waals surface area contributed by atoms with Crippen LogP contribution in [0.5, 0.6) is 23.0 Å². The van der Waals surface area contributed by atoms with Gasteiger partial charge in [-0.2, -0.15) is 0 Å². The average molecular weight is 392 g/mol. The van der Waals surface area contributed by atoms with E-state index in [2.05, 4.69) is 0 Å². The molecule has 0 fully saturated rings. The summed E-state index contributed by atoms with van der Waals surface area (Å²) in [6, 6.07) is 20.6. The number of rotatable bonds is 8. The molecule has 0 N–H and O–H groups in total. The number of esters is 1. The Labute approximate surface area is 168 Å². The maximum Gasteiger partial charge on any atom is 0.342 e. The molecule has 3 aromatic rings. The van der Waals surface area contributed by atoms with Crippen LogP contribution in [-0.4, -0.2) is 32.6 Å². The first-order chi connectivity index (χ1) is 14.1. The second-order valence-corrected chi connectivity index (χ2v) is 5.98. The minimum atomic E-state index is -0.655. The van der Waals surface area contributed by atoms with Gasteiger partial charge in [0.2, 0.25) is 5.78 Å². The largest absolute Gasteiger partial charge is 0.497 e. The number of carbonyl (C=O) groups is 2. The summed E-state index contributed by atoms with van der Waals surface area (Å²) in [4.78, 5) is 25.0. The van der Waals surface area contributed by atoms with Gasteiger partial charge in [0.1, 0.15) is 28.6 Å². The predicted molar refractivity (Wildman–Crippen MR) is 107 cm³/mol. The van der Waals surface area contributed by atoms with Crippen molar-refractivity contribution in [1.29, 1.82) is 0 Å². The lowest BCUT2D eigenvalue weighted by molar-refractivity contribution is 0.0471. The van der Waals surface area contributed by atoms with Crippen LogP contribution in [-0.2, 0) is 4.74 Å². The van der Waals surface area contributed by atoms with Crippen LogP contribution in [0.2, 0.25) is 0 Å². The summed E-state index contributed by atoms with van der Waals surface area (Å²) in [6.07, 6.45) is 0. The van der Waals surface area contributed by atoms with Crippen molar-refractivity contribution in [2.24, 2.45) is 0 Å². The van der Waals surface area contributed by atoms with E-state index in [-0.39, 0.29) is 11.3 Å². The Hall–Kier alpha value is -3.80. The Kier molecular flexibility index (Phi) is 6.47. The van der Waals surface area contributed by atoms with Gasteiger partial charge in [0, 0.05) is 6.07 Å². The summed E-state index contributed by atoms with van der Waals surface area (Å²) in [5, 5.41) is 0. The van der Waals surface area contributed by atoms with Crippen LogP contribution in [0.25, 0.3) is 0 Å². The molecule has 0 unspecified atom stereocenters. The van der Waals surface area contributed by atoms with Gasteiger partial charge >= 0.3 is 5.97 Å². The van der Waals surface area contributed by atoms with Gasteiger partial charge in [-0.1, -0.05) is 30.3 Å². The fourth-order valence-electron chi connectivity index (χ4n) is 2.66. The molecule has 3 rings (SSSR count). The number of hydrogen-bond donors (Lipinski definition) is 0. The van der Waals surface area contributed by atoms with Crippen molar-refractivity contribution < 1.29 is 28.5 Å². The van der Waals surface area contributed by atoms with Crippen molar-refractivity contribution in [3.63, 3.8) is 0 Å². The van der Waals surface area contributed by atoms with Gasteiger partial charge in [-0.15, -0.1) is 0 Å². The van der Waals surface area contributed by atoms with Crippen molar-refractivity contribution in [3.8, 4) is 23.0 Å². The Balaban J connectivity index is 1.71. The highest BCUT2D eigenvalue weighted by atomic mass is 16.5. The maximum atomic E-state index is 12.5. The third-order valence-electron chi connectivity index (χ3n) is 4.12. The molecule has 0 saturated heterocycles. The number of ketones is 1. The van der Waals surface area contributed by atoms with Crippen molar-refractivity contribution in [2.75, 3.05) is 20.8 Å². The second-order valence-electron chi connectivity index (χ2n) is 5.98. The molecule has 0 aliphatic heterocycles. The van der Waals surface area contributed by atoms with Crippen molar-refractivity contribution in [3.05, 3.63) is 83.9 Å². The van der Waals surface area contributed by atoms with Gasteiger partial charge in [0.05, 0.1) is 19.8 Å². The van der Waals surface area contributed by atoms with Crippen LogP contribution in [0.1, 0.15) is 20.7 Å². The molecule has 0 spiro atoms. The summed E-state index contributed by atoms with van der Waals surface area (Å²) in [7, 11) is 2.97. The highest BCUT2D eigenvalue weighted by Gasteiger charge is 2.19. The lowest BCUT2D eigenvalue weighted by atomic mass is 10.1. The monoisotopic (exact) mass is 392 g/mol. The zero-order chi connectivity index (χ0) is 20.6. The summed E-state index contributed by atoms with van der Waals surface area (Å²) >= 11 is 0. The Bertz CT molecular complexity index is 997. The molecule has 0 aromatic heterocycles. The van der Waals surface area contributed by atoms with E-state index in [4.69, 9.17) is 18.9 Å². The molecule has 3 aromatic carbocycles. The summed E-state index contributed by atoms with van der Waals surface area (Å²) < 4.78 is 21.3. The van der Waals surface area contributed by atoms with E-state index in [1.807, 2.05) is 18.2 Å². The average Bonchev–Trinajstić information content (AvgIpc) is 2.77. The van der Waals surface area contributed by atoms with E-state index in [0.717, 1.165) is 0 Å². The molecule has 0 amide bonds. The molecule has 6 nitrogen and oxygen atoms in total. The van der Waals surface area contributed by atoms with E-state index in [0.29, 0.717) is 28.6 Å². The normalized spacial score (nSPS) is 10.1. The lowest BCUT2D eigenvalue weighted by Crippen LogP contribution is -2.15. The zero-order valence-corrected chi connectivity index (χ0v) is 16.1. The van der Waals surface area contributed by atoms with E-state index < -0.39 is 12.6 Å². The first-order valence-electron chi connectivity index (χ1n) is 8.86. The third kappa shape index (κ3) is 4.93. The summed E-state index contributed by atoms with van der Waals surface area (Å²) in [5.74, 6) is 0.794. The number of benzene rings is 3. The number of Topliss-reactive ketones (excluding diaryl/α,β-unsaturated/α-hetero) is 1. The van der Waals surface area contributed by atoms with Gasteiger partial charge in [0.15, 0.2) is 6.61 Å². The van der Waals surface area contributed by atoms with Gasteiger partial charge in [0.25, 0.3) is 0 Å². The van der Waals surface area contributed by atoms with Gasteiger partial charge < -0.3 is 18.9 Å². The number of methoxy groups -OCH3 is 2. The highest BCUT2D eigenvalue weighted by Crippen LogP contribution is 2.27. The lowest BCUT2D eigenvalue weighted by Gasteiger charge is -2.12. The van der Waals surface area contributed by atoms with Crippen LogP contribution in [0.3, 0.4) is 0 Å². The van der Waals surface area contributed by atoms with E-state index in [1.165, 1.54) is 14.2 Å². The van der Waals surface area contributed by atoms with Crippen molar-refractivity contribution in [1.82, 2.24) is 0 Å². The molecule has 6 heteroatoms. The minimum absolute atomic E-state index is 0.228. The number of ether oxygens (including phenoxy) is 4. The highest BCUT2D eigenvalue weighted by molar-refractivity contribution is 6.02. The van der Waals surface area contributed by atoms with E-state index in [9.17, 15) is 9.59 Å². The molecular weight excluding hydrogens is 372 g/mol. The molecule has 29 heavy (non-hydrogen) atoms. The Morgan fingerprint density at radius 3 is 2.17 bits per heavy atom. The van der Waals surface area contributed by atoms with Crippen LogP contribution < -0.4 is 14.2 Å². The number of carbonyl (C=O) groups excluding carboxylic acids is 2. The molecule has 0 heterocycles. The maximum absolute atomic E-state index is 12.5. The van der Waals surface area contributed by atoms with Gasteiger partial charge in [-0.3, -0.25) is 4.79 Å². The zero-order valence-electron chi connectivity index (χ0n) is 16.1. The molecule has 148 valence electrons. The van der Waals surface area contributed by atoms with Crippen molar-refractivity contribution >= 4 is 11.8 Å². The molecule has 0 aliphatic rings. The predicted octanol–water partition coefficient (Wildman–Crippen LogP) is 4.54. The smallest absolute Gasteiger partial charge is 0.342 e. The SMILES string of the molecule is COc1ccc(C(=O)COC(=O)c2ccccc2Oc2ccccc2)c(OC)c1. The fourth-order valence-corrected chi connectivity index (χ4v) is 2.66. The first-order valence-corrected chi connectivity index (χ1v) is 8.86. The molecule has 0 bridgehead atoms. The quantitative estimate of drug-likeness (QED) is 0.414. The molecule has 0 radical (unpaired) electrons. The summed E-state index contributed by atoms with van der Waals surface area (Å²) in [5.41, 5.74) is 0.528. The standard InChI is InChI=1S/C23H20O6/c1-26-17-12-13-18(22(14-17)27-2)20(24)15-28-23(25)19-10-6-7-11-21(19)29-16-8-4-3-5-9-16/h3-14H,15H2,1-2H3. The topological polar surface area (TPSA) is 71.1 Å². The first kappa shape index (κ1) is 19.9. The molecule has 0 atom stereocenters. The number of para-hydroxylation sites is 2. The molecule has 0 saturated carbocycles. The van der Waals surface area contributed by atoms with Crippen molar-refractivity contribution in [2.45, 2.75) is 0 Å². The van der Waals surface area contributed by atoms with Gasteiger partial charge in [-0.05, 0) is 36.4 Å². The second kappa shape index (κ2) is 9.41. The molecular formula is C23H20O6. The third-order valence-corrected chi connectivity index (χ3v) is 4.12. The number of hydrogen-bond acceptors (Lipinski definition) is 6. The van der Waals surface area contributed by atoms with Crippen LogP contribution >= 0.6 is 0 Å². The molecule has 0 aliphatic carbocycles. The van der Waals surface area contributed by atoms with Crippen LogP contribution in [0, 0.1) is 0 Å². The fraction of sp³-hybridized carbons (Fsp3) is 0.130. The van der Waals surface area contributed by atoms with Crippen LogP contribution in [0.15, 0.2) is 72.8 Å². The summed E-state index contributed by atoms with van der Waals surface area (Å²) in [6.45, 7) is -0.429.